The van der Waals surface area contributed by atoms with E-state index in [0.717, 1.165) is 85.7 Å². The molecule has 6 rings (SSSR count). The average Bonchev–Trinajstić information content (AvgIpc) is 3.46. The molecule has 1 saturated heterocycles. The zero-order valence-electron chi connectivity index (χ0n) is 19.4. The topological polar surface area (TPSA) is 114 Å². The van der Waals surface area contributed by atoms with Crippen LogP contribution in [0.15, 0.2) is 49.2 Å². The first-order chi connectivity index (χ1) is 17.3. The van der Waals surface area contributed by atoms with E-state index in [9.17, 15) is 0 Å². The molecule has 1 aliphatic heterocycles. The minimum Gasteiger partial charge on any atom is -0.488 e. The molecule has 10 heteroatoms. The van der Waals surface area contributed by atoms with Crippen molar-refractivity contribution in [3.8, 4) is 17.0 Å². The van der Waals surface area contributed by atoms with Gasteiger partial charge in [-0.3, -0.25) is 10.1 Å². The summed E-state index contributed by atoms with van der Waals surface area (Å²) in [6.07, 6.45) is 12.8. The standard InChI is InChI=1S/C25H28N8O2/c1-3-20(4-2-18(1)31-25-28-15-17(16-29-25)21-5-6-30-32-21)35-23-14-19(33-9-11-34-12-10-33)13-22-24(23)27-8-7-26-22/h5-8,13-16,18,20H,1-4,9-12H2,(H,30,32)(H,28,29,31). The normalized spacial score (nSPS) is 20.6. The summed E-state index contributed by atoms with van der Waals surface area (Å²) in [5.74, 6) is 1.46. The van der Waals surface area contributed by atoms with Gasteiger partial charge >= 0.3 is 0 Å². The first-order valence-corrected chi connectivity index (χ1v) is 12.1. The minimum atomic E-state index is 0.141. The van der Waals surface area contributed by atoms with Crippen molar-refractivity contribution in [1.29, 1.82) is 0 Å². The number of rotatable bonds is 6. The Morgan fingerprint density at radius 3 is 2.51 bits per heavy atom. The van der Waals surface area contributed by atoms with Gasteiger partial charge in [0.05, 0.1) is 30.5 Å². The highest BCUT2D eigenvalue weighted by atomic mass is 16.5. The van der Waals surface area contributed by atoms with Crippen LogP contribution in [0.1, 0.15) is 25.7 Å². The Balaban J connectivity index is 1.10. The van der Waals surface area contributed by atoms with E-state index < -0.39 is 0 Å². The number of nitrogens with zero attached hydrogens (tertiary/aromatic N) is 6. The van der Waals surface area contributed by atoms with E-state index in [1.165, 1.54) is 0 Å². The molecule has 35 heavy (non-hydrogen) atoms. The van der Waals surface area contributed by atoms with Crippen molar-refractivity contribution in [2.24, 2.45) is 0 Å². The molecule has 0 atom stereocenters. The number of H-pyrrole nitrogens is 1. The fourth-order valence-corrected chi connectivity index (χ4v) is 4.77. The highest BCUT2D eigenvalue weighted by Crippen LogP contribution is 2.33. The Morgan fingerprint density at radius 2 is 1.74 bits per heavy atom. The molecular formula is C25H28N8O2. The summed E-state index contributed by atoms with van der Waals surface area (Å²) in [5.41, 5.74) is 4.61. The Morgan fingerprint density at radius 1 is 0.943 bits per heavy atom. The van der Waals surface area contributed by atoms with E-state index >= 15 is 0 Å². The third kappa shape index (κ3) is 4.88. The summed E-state index contributed by atoms with van der Waals surface area (Å²) in [5, 5.41) is 10.4. The van der Waals surface area contributed by atoms with Gasteiger partial charge in [0.1, 0.15) is 11.3 Å². The molecule has 1 saturated carbocycles. The van der Waals surface area contributed by atoms with Crippen molar-refractivity contribution in [1.82, 2.24) is 30.1 Å². The number of benzene rings is 1. The van der Waals surface area contributed by atoms with Gasteiger partial charge in [-0.15, -0.1) is 0 Å². The zero-order valence-corrected chi connectivity index (χ0v) is 19.4. The number of hydrogen-bond acceptors (Lipinski definition) is 9. The number of nitrogens with one attached hydrogen (secondary N) is 2. The molecule has 2 N–H and O–H groups in total. The molecule has 0 bridgehead atoms. The van der Waals surface area contributed by atoms with Gasteiger partial charge in [0, 0.05) is 67.4 Å². The van der Waals surface area contributed by atoms with Gasteiger partial charge in [-0.1, -0.05) is 0 Å². The van der Waals surface area contributed by atoms with Gasteiger partial charge in [0.2, 0.25) is 5.95 Å². The second-order valence-corrected chi connectivity index (χ2v) is 8.97. The molecule has 1 aromatic carbocycles. The van der Waals surface area contributed by atoms with Crippen molar-refractivity contribution in [2.75, 3.05) is 36.5 Å². The molecule has 180 valence electrons. The van der Waals surface area contributed by atoms with Crippen molar-refractivity contribution in [2.45, 2.75) is 37.8 Å². The maximum atomic E-state index is 6.53. The van der Waals surface area contributed by atoms with Crippen LogP contribution in [0, 0.1) is 0 Å². The molecular weight excluding hydrogens is 444 g/mol. The SMILES string of the molecule is c1cc(-c2cnc(NC3CCC(Oc4cc(N5CCOCC5)cc5nccnc45)CC3)nc2)[nH]n1. The van der Waals surface area contributed by atoms with E-state index in [4.69, 9.17) is 9.47 Å². The monoisotopic (exact) mass is 472 g/mol. The van der Waals surface area contributed by atoms with Crippen molar-refractivity contribution in [3.05, 3.63) is 49.2 Å². The number of fused-ring (bicyclic) bond motifs is 1. The van der Waals surface area contributed by atoms with Crippen molar-refractivity contribution < 1.29 is 9.47 Å². The van der Waals surface area contributed by atoms with E-state index in [-0.39, 0.29) is 6.10 Å². The van der Waals surface area contributed by atoms with Gasteiger partial charge in [-0.25, -0.2) is 15.0 Å². The van der Waals surface area contributed by atoms with Crippen LogP contribution in [0.4, 0.5) is 11.6 Å². The molecule has 4 aromatic rings. The summed E-state index contributed by atoms with van der Waals surface area (Å²) in [4.78, 5) is 20.4. The highest BCUT2D eigenvalue weighted by Gasteiger charge is 2.24. The molecule has 1 aliphatic carbocycles. The van der Waals surface area contributed by atoms with Crippen LogP contribution in [0.2, 0.25) is 0 Å². The molecule has 0 spiro atoms. The number of hydrogen-bond donors (Lipinski definition) is 2. The van der Waals surface area contributed by atoms with Gasteiger partial charge in [0.25, 0.3) is 0 Å². The Kier molecular flexibility index (Phi) is 6.10. The van der Waals surface area contributed by atoms with Crippen LogP contribution < -0.4 is 15.0 Å². The van der Waals surface area contributed by atoms with Gasteiger partial charge in [0.15, 0.2) is 0 Å². The van der Waals surface area contributed by atoms with Crippen LogP contribution in [-0.2, 0) is 4.74 Å². The largest absolute Gasteiger partial charge is 0.488 e. The van der Waals surface area contributed by atoms with E-state index in [1.54, 1.807) is 18.6 Å². The first-order valence-electron chi connectivity index (χ1n) is 12.1. The van der Waals surface area contributed by atoms with Crippen LogP contribution in [0.3, 0.4) is 0 Å². The molecule has 0 radical (unpaired) electrons. The van der Waals surface area contributed by atoms with E-state index in [0.29, 0.717) is 12.0 Å². The quantitative estimate of drug-likeness (QED) is 0.435. The fraction of sp³-hybridized carbons (Fsp3) is 0.400. The van der Waals surface area contributed by atoms with Crippen molar-refractivity contribution >= 4 is 22.7 Å². The fourth-order valence-electron chi connectivity index (χ4n) is 4.77. The van der Waals surface area contributed by atoms with Gasteiger partial charge < -0.3 is 19.7 Å². The Labute approximate surface area is 203 Å². The Hall–Kier alpha value is -3.79. The molecule has 2 aliphatic rings. The number of aromatic amines is 1. The summed E-state index contributed by atoms with van der Waals surface area (Å²) in [6.45, 7) is 3.21. The molecule has 10 nitrogen and oxygen atoms in total. The number of ether oxygens (including phenoxy) is 2. The summed E-state index contributed by atoms with van der Waals surface area (Å²) in [6, 6.07) is 6.43. The minimum absolute atomic E-state index is 0.141. The van der Waals surface area contributed by atoms with E-state index in [1.807, 2.05) is 18.5 Å². The highest BCUT2D eigenvalue weighted by molar-refractivity contribution is 5.85. The van der Waals surface area contributed by atoms with Crippen LogP contribution in [-0.4, -0.2) is 68.6 Å². The molecule has 4 heterocycles. The lowest BCUT2D eigenvalue weighted by Crippen LogP contribution is -2.36. The van der Waals surface area contributed by atoms with Gasteiger partial charge in [-0.05, 0) is 37.8 Å². The summed E-state index contributed by atoms with van der Waals surface area (Å²) in [7, 11) is 0. The maximum absolute atomic E-state index is 6.53. The van der Waals surface area contributed by atoms with E-state index in [2.05, 4.69) is 52.5 Å². The lowest BCUT2D eigenvalue weighted by Gasteiger charge is -2.31. The average molecular weight is 473 g/mol. The van der Waals surface area contributed by atoms with Crippen molar-refractivity contribution in [3.63, 3.8) is 0 Å². The maximum Gasteiger partial charge on any atom is 0.222 e. The summed E-state index contributed by atoms with van der Waals surface area (Å²) >= 11 is 0. The van der Waals surface area contributed by atoms with Crippen LogP contribution >= 0.6 is 0 Å². The predicted molar refractivity (Wildman–Crippen MR) is 132 cm³/mol. The third-order valence-electron chi connectivity index (χ3n) is 6.66. The number of morpholine rings is 1. The lowest BCUT2D eigenvalue weighted by atomic mass is 9.93. The number of aromatic nitrogens is 6. The first kappa shape index (κ1) is 21.7. The molecule has 2 fully saturated rings. The molecule has 0 amide bonds. The van der Waals surface area contributed by atoms with Crippen LogP contribution in [0.25, 0.3) is 22.3 Å². The Bertz CT molecular complexity index is 1250. The second kappa shape index (κ2) is 9.83. The third-order valence-corrected chi connectivity index (χ3v) is 6.66. The van der Waals surface area contributed by atoms with Crippen LogP contribution in [0.5, 0.6) is 5.75 Å². The van der Waals surface area contributed by atoms with Gasteiger partial charge in [-0.2, -0.15) is 5.10 Å². The summed E-state index contributed by atoms with van der Waals surface area (Å²) < 4.78 is 12.0. The smallest absolute Gasteiger partial charge is 0.222 e. The number of anilines is 2. The zero-order chi connectivity index (χ0) is 23.5. The second-order valence-electron chi connectivity index (χ2n) is 8.97. The molecule has 3 aromatic heterocycles. The predicted octanol–water partition coefficient (Wildman–Crippen LogP) is 3.45. The molecule has 0 unspecified atom stereocenters. The lowest BCUT2D eigenvalue weighted by molar-refractivity contribution is 0.122.